The van der Waals surface area contributed by atoms with Gasteiger partial charge >= 0.3 is 11.9 Å². The maximum Gasteiger partial charge on any atom is 0.357 e. The molecule has 0 aliphatic rings. The van der Waals surface area contributed by atoms with Gasteiger partial charge in [0.2, 0.25) is 0 Å². The van der Waals surface area contributed by atoms with E-state index in [9.17, 15) is 9.59 Å². The summed E-state index contributed by atoms with van der Waals surface area (Å²) in [6.45, 7) is 0. The first kappa shape index (κ1) is 11.0. The highest BCUT2D eigenvalue weighted by Gasteiger charge is 2.19. The number of nitrogens with two attached hydrogens (primary N) is 3. The summed E-state index contributed by atoms with van der Waals surface area (Å²) in [5, 5.41) is 0. The Hall–Kier alpha value is -2.12. The lowest BCUT2D eigenvalue weighted by Crippen LogP contribution is -2.18. The fourth-order valence-electron chi connectivity index (χ4n) is 1.04. The fraction of sp³-hybridized carbons (Fsp3) is 0. The second kappa shape index (κ2) is 4.40. The SMILES string of the molecule is NOC(=O)c1ccc(N)cc1C(=O)ON. The summed E-state index contributed by atoms with van der Waals surface area (Å²) >= 11 is 0. The number of carbonyl (C=O) groups excluding carboxylic acids is 2. The third-order valence-electron chi connectivity index (χ3n) is 1.70. The number of carbonyl (C=O) groups is 2. The lowest BCUT2D eigenvalue weighted by atomic mass is 10.1. The number of anilines is 1. The van der Waals surface area contributed by atoms with Crippen LogP contribution in [0.5, 0.6) is 0 Å². The molecular weight excluding hydrogens is 202 g/mol. The molecule has 1 aromatic carbocycles. The van der Waals surface area contributed by atoms with Gasteiger partial charge in [-0.2, -0.15) is 11.8 Å². The molecule has 7 nitrogen and oxygen atoms in total. The number of rotatable bonds is 2. The van der Waals surface area contributed by atoms with Crippen LogP contribution in [0.1, 0.15) is 20.7 Å². The molecule has 0 bridgehead atoms. The molecule has 1 rings (SSSR count). The quantitative estimate of drug-likeness (QED) is 0.436. The van der Waals surface area contributed by atoms with Crippen LogP contribution in [0.2, 0.25) is 0 Å². The van der Waals surface area contributed by atoms with Gasteiger partial charge in [-0.25, -0.2) is 9.59 Å². The van der Waals surface area contributed by atoms with E-state index in [2.05, 4.69) is 15.6 Å². The molecule has 0 spiro atoms. The van der Waals surface area contributed by atoms with Crippen LogP contribution in [-0.4, -0.2) is 11.9 Å². The molecule has 15 heavy (non-hydrogen) atoms. The topological polar surface area (TPSA) is 131 Å². The Bertz CT molecular complexity index is 405. The Morgan fingerprint density at radius 1 is 1.00 bits per heavy atom. The van der Waals surface area contributed by atoms with Gasteiger partial charge in [0.15, 0.2) is 0 Å². The van der Waals surface area contributed by atoms with Crippen LogP contribution in [0.4, 0.5) is 5.69 Å². The lowest BCUT2D eigenvalue weighted by molar-refractivity contribution is 0.0457. The van der Waals surface area contributed by atoms with Crippen molar-refractivity contribution < 1.29 is 19.3 Å². The third kappa shape index (κ3) is 2.22. The molecule has 0 atom stereocenters. The molecule has 0 aliphatic heterocycles. The highest BCUT2D eigenvalue weighted by atomic mass is 16.7. The molecule has 0 heterocycles. The van der Waals surface area contributed by atoms with E-state index in [0.29, 0.717) is 0 Å². The molecule has 0 fully saturated rings. The molecule has 0 saturated heterocycles. The number of benzene rings is 1. The molecule has 6 N–H and O–H groups in total. The highest BCUT2D eigenvalue weighted by molar-refractivity contribution is 6.03. The first-order valence-corrected chi connectivity index (χ1v) is 3.81. The third-order valence-corrected chi connectivity index (χ3v) is 1.70. The summed E-state index contributed by atoms with van der Waals surface area (Å²) < 4.78 is 0. The molecular formula is C8H9N3O4. The van der Waals surface area contributed by atoms with Gasteiger partial charge in [-0.05, 0) is 18.2 Å². The molecule has 0 radical (unpaired) electrons. The monoisotopic (exact) mass is 211 g/mol. The van der Waals surface area contributed by atoms with E-state index in [1.165, 1.54) is 18.2 Å². The Balaban J connectivity index is 3.26. The van der Waals surface area contributed by atoms with E-state index in [1.807, 2.05) is 0 Å². The van der Waals surface area contributed by atoms with Crippen LogP contribution in [-0.2, 0) is 9.68 Å². The van der Waals surface area contributed by atoms with Crippen molar-refractivity contribution >= 4 is 17.6 Å². The maximum atomic E-state index is 11.2. The summed E-state index contributed by atoms with van der Waals surface area (Å²) in [5.74, 6) is 7.60. The van der Waals surface area contributed by atoms with E-state index < -0.39 is 11.9 Å². The largest absolute Gasteiger partial charge is 0.399 e. The van der Waals surface area contributed by atoms with Gasteiger partial charge in [-0.15, -0.1) is 0 Å². The average molecular weight is 211 g/mol. The van der Waals surface area contributed by atoms with Crippen molar-refractivity contribution in [3.63, 3.8) is 0 Å². The van der Waals surface area contributed by atoms with Crippen molar-refractivity contribution in [2.45, 2.75) is 0 Å². The van der Waals surface area contributed by atoms with E-state index in [-0.39, 0.29) is 16.8 Å². The predicted molar refractivity (Wildman–Crippen MR) is 50.1 cm³/mol. The van der Waals surface area contributed by atoms with Crippen molar-refractivity contribution in [3.8, 4) is 0 Å². The summed E-state index contributed by atoms with van der Waals surface area (Å²) in [6, 6.07) is 3.94. The summed E-state index contributed by atoms with van der Waals surface area (Å²) in [7, 11) is 0. The zero-order valence-electron chi connectivity index (χ0n) is 7.60. The van der Waals surface area contributed by atoms with Crippen molar-refractivity contribution in [1.82, 2.24) is 0 Å². The maximum absolute atomic E-state index is 11.2. The second-order valence-electron chi connectivity index (χ2n) is 2.62. The summed E-state index contributed by atoms with van der Waals surface area (Å²) in [6.07, 6.45) is 0. The Labute approximate surface area is 84.6 Å². The Kier molecular flexibility index (Phi) is 3.21. The normalized spacial score (nSPS) is 9.47. The minimum atomic E-state index is -0.900. The van der Waals surface area contributed by atoms with Gasteiger partial charge in [0.1, 0.15) is 0 Å². The lowest BCUT2D eigenvalue weighted by Gasteiger charge is -2.05. The van der Waals surface area contributed by atoms with Crippen molar-refractivity contribution in [3.05, 3.63) is 29.3 Å². The summed E-state index contributed by atoms with van der Waals surface area (Å²) in [5.41, 5.74) is 5.54. The van der Waals surface area contributed by atoms with Gasteiger partial charge in [0.05, 0.1) is 11.1 Å². The minimum absolute atomic E-state index is 0.0675. The second-order valence-corrected chi connectivity index (χ2v) is 2.62. The number of hydrogen-bond donors (Lipinski definition) is 3. The van der Waals surface area contributed by atoms with E-state index in [4.69, 9.17) is 11.6 Å². The van der Waals surface area contributed by atoms with Crippen LogP contribution in [0, 0.1) is 0 Å². The average Bonchev–Trinajstić information content (AvgIpc) is 2.26. The zero-order chi connectivity index (χ0) is 11.4. The van der Waals surface area contributed by atoms with Crippen LogP contribution >= 0.6 is 0 Å². The number of nitrogen functional groups attached to an aromatic ring is 1. The van der Waals surface area contributed by atoms with Gasteiger partial charge in [-0.1, -0.05) is 0 Å². The Morgan fingerprint density at radius 3 is 2.07 bits per heavy atom. The van der Waals surface area contributed by atoms with Crippen molar-refractivity contribution in [2.24, 2.45) is 11.8 Å². The molecule has 0 aromatic heterocycles. The van der Waals surface area contributed by atoms with Crippen LogP contribution in [0.15, 0.2) is 18.2 Å². The van der Waals surface area contributed by atoms with Crippen molar-refractivity contribution in [2.75, 3.05) is 5.73 Å². The first-order valence-electron chi connectivity index (χ1n) is 3.81. The predicted octanol–water partition coefficient (Wildman–Crippen LogP) is -0.670. The fourth-order valence-corrected chi connectivity index (χ4v) is 1.04. The molecule has 7 heteroatoms. The van der Waals surface area contributed by atoms with Crippen LogP contribution in [0.25, 0.3) is 0 Å². The highest BCUT2D eigenvalue weighted by Crippen LogP contribution is 2.15. The van der Waals surface area contributed by atoms with E-state index >= 15 is 0 Å². The molecule has 0 amide bonds. The van der Waals surface area contributed by atoms with E-state index in [1.54, 1.807) is 0 Å². The molecule has 0 saturated carbocycles. The van der Waals surface area contributed by atoms with Gasteiger partial charge < -0.3 is 15.4 Å². The molecule has 1 aromatic rings. The van der Waals surface area contributed by atoms with Gasteiger partial charge in [-0.3, -0.25) is 0 Å². The van der Waals surface area contributed by atoms with Gasteiger partial charge in [0, 0.05) is 5.69 Å². The number of hydrogen-bond acceptors (Lipinski definition) is 7. The molecule has 0 unspecified atom stereocenters. The summed E-state index contributed by atoms with van der Waals surface area (Å²) in [4.78, 5) is 30.3. The minimum Gasteiger partial charge on any atom is -0.399 e. The smallest absolute Gasteiger partial charge is 0.357 e. The first-order chi connectivity index (χ1) is 7.10. The molecule has 80 valence electrons. The molecule has 0 aliphatic carbocycles. The van der Waals surface area contributed by atoms with Crippen LogP contribution < -0.4 is 17.5 Å². The van der Waals surface area contributed by atoms with Crippen LogP contribution in [0.3, 0.4) is 0 Å². The standard InChI is InChI=1S/C8H9N3O4/c9-4-1-2-5(7(12)14-10)6(3-4)8(13)15-11/h1-3H,9-11H2. The van der Waals surface area contributed by atoms with E-state index in [0.717, 1.165) is 0 Å². The van der Waals surface area contributed by atoms with Crippen molar-refractivity contribution in [1.29, 1.82) is 0 Å². The Morgan fingerprint density at radius 2 is 1.53 bits per heavy atom. The zero-order valence-corrected chi connectivity index (χ0v) is 7.60. The van der Waals surface area contributed by atoms with Gasteiger partial charge in [0.25, 0.3) is 0 Å².